The third kappa shape index (κ3) is 2.83. The second-order valence-electron chi connectivity index (χ2n) is 5.09. The standard InChI is InChI=1S/C13H23NO2/c1-14(11-7-9-16-10-8-11)12-5-3-2-4-6-13(12)15/h11-12H,2-10H2,1H3. The molecule has 0 aromatic rings. The molecule has 1 atom stereocenters. The Labute approximate surface area is 98.1 Å². The van der Waals surface area contributed by atoms with Gasteiger partial charge < -0.3 is 4.74 Å². The van der Waals surface area contributed by atoms with E-state index in [0.29, 0.717) is 11.8 Å². The van der Waals surface area contributed by atoms with E-state index < -0.39 is 0 Å². The van der Waals surface area contributed by atoms with Crippen molar-refractivity contribution >= 4 is 5.78 Å². The van der Waals surface area contributed by atoms with Gasteiger partial charge in [0.25, 0.3) is 0 Å². The number of Topliss-reactive ketones (excluding diaryl/α,β-unsaturated/α-hetero) is 1. The lowest BCUT2D eigenvalue weighted by molar-refractivity contribution is -0.125. The summed E-state index contributed by atoms with van der Waals surface area (Å²) in [4.78, 5) is 14.4. The fourth-order valence-electron chi connectivity index (χ4n) is 2.92. The first-order valence-corrected chi connectivity index (χ1v) is 6.61. The molecule has 0 aromatic heterocycles. The molecular formula is C13H23NO2. The third-order valence-electron chi connectivity index (χ3n) is 4.03. The fraction of sp³-hybridized carbons (Fsp3) is 0.923. The van der Waals surface area contributed by atoms with E-state index in [1.807, 2.05) is 0 Å². The largest absolute Gasteiger partial charge is 0.381 e. The van der Waals surface area contributed by atoms with Gasteiger partial charge >= 0.3 is 0 Å². The van der Waals surface area contributed by atoms with Crippen LogP contribution in [-0.2, 0) is 9.53 Å². The maximum Gasteiger partial charge on any atom is 0.149 e. The van der Waals surface area contributed by atoms with Crippen LogP contribution in [-0.4, -0.2) is 43.0 Å². The second kappa shape index (κ2) is 5.78. The molecule has 0 spiro atoms. The van der Waals surface area contributed by atoms with Gasteiger partial charge in [0.1, 0.15) is 5.78 Å². The van der Waals surface area contributed by atoms with Gasteiger partial charge in [-0.2, -0.15) is 0 Å². The number of carbonyl (C=O) groups is 1. The van der Waals surface area contributed by atoms with Crippen molar-refractivity contribution in [3.05, 3.63) is 0 Å². The van der Waals surface area contributed by atoms with Crippen molar-refractivity contribution in [3.63, 3.8) is 0 Å². The number of hydrogen-bond donors (Lipinski definition) is 0. The SMILES string of the molecule is CN(C1CCOCC1)C1CCCCCC1=O. The summed E-state index contributed by atoms with van der Waals surface area (Å²) in [5.74, 6) is 0.464. The molecule has 2 fully saturated rings. The van der Waals surface area contributed by atoms with Crippen molar-refractivity contribution < 1.29 is 9.53 Å². The molecule has 0 amide bonds. The topological polar surface area (TPSA) is 29.5 Å². The lowest BCUT2D eigenvalue weighted by atomic mass is 10.0. The van der Waals surface area contributed by atoms with Crippen molar-refractivity contribution in [3.8, 4) is 0 Å². The maximum absolute atomic E-state index is 12.0. The zero-order chi connectivity index (χ0) is 11.4. The molecule has 0 radical (unpaired) electrons. The van der Waals surface area contributed by atoms with Crippen LogP contribution >= 0.6 is 0 Å². The van der Waals surface area contributed by atoms with Crippen LogP contribution in [0.3, 0.4) is 0 Å². The van der Waals surface area contributed by atoms with E-state index in [2.05, 4.69) is 11.9 Å². The normalized spacial score (nSPS) is 29.4. The first kappa shape index (κ1) is 12.1. The molecule has 0 bridgehead atoms. The number of ether oxygens (including phenoxy) is 1. The minimum Gasteiger partial charge on any atom is -0.381 e. The van der Waals surface area contributed by atoms with Gasteiger partial charge in [0.2, 0.25) is 0 Å². The molecular weight excluding hydrogens is 202 g/mol. The Bertz CT molecular complexity index is 236. The first-order chi connectivity index (χ1) is 7.79. The molecule has 2 rings (SSSR count). The van der Waals surface area contributed by atoms with Crippen molar-refractivity contribution in [1.29, 1.82) is 0 Å². The van der Waals surface area contributed by atoms with Crippen LogP contribution in [0, 0.1) is 0 Å². The molecule has 92 valence electrons. The summed E-state index contributed by atoms with van der Waals surface area (Å²) in [6, 6.07) is 0.742. The summed E-state index contributed by atoms with van der Waals surface area (Å²) in [6.07, 6.45) is 7.55. The van der Waals surface area contributed by atoms with E-state index in [1.165, 1.54) is 12.8 Å². The van der Waals surface area contributed by atoms with Gasteiger partial charge in [-0.05, 0) is 32.7 Å². The summed E-state index contributed by atoms with van der Waals surface area (Å²) in [6.45, 7) is 1.71. The van der Waals surface area contributed by atoms with Crippen LogP contribution in [0.2, 0.25) is 0 Å². The van der Waals surface area contributed by atoms with Crippen molar-refractivity contribution in [2.24, 2.45) is 0 Å². The Morgan fingerprint density at radius 3 is 2.62 bits per heavy atom. The van der Waals surface area contributed by atoms with Gasteiger partial charge in [0.15, 0.2) is 0 Å². The minimum absolute atomic E-state index is 0.186. The zero-order valence-electron chi connectivity index (χ0n) is 10.3. The minimum atomic E-state index is 0.186. The maximum atomic E-state index is 12.0. The highest BCUT2D eigenvalue weighted by Gasteiger charge is 2.29. The van der Waals surface area contributed by atoms with Gasteiger partial charge in [-0.25, -0.2) is 0 Å². The van der Waals surface area contributed by atoms with Crippen LogP contribution in [0.4, 0.5) is 0 Å². The third-order valence-corrected chi connectivity index (χ3v) is 4.03. The Morgan fingerprint density at radius 2 is 1.88 bits per heavy atom. The van der Waals surface area contributed by atoms with Crippen LogP contribution in [0.15, 0.2) is 0 Å². The van der Waals surface area contributed by atoms with Crippen LogP contribution in [0.1, 0.15) is 44.9 Å². The Kier molecular flexibility index (Phi) is 4.36. The molecule has 1 aliphatic heterocycles. The molecule has 0 aromatic carbocycles. The molecule has 16 heavy (non-hydrogen) atoms. The zero-order valence-corrected chi connectivity index (χ0v) is 10.3. The van der Waals surface area contributed by atoms with E-state index in [4.69, 9.17) is 4.74 Å². The molecule has 2 aliphatic rings. The molecule has 1 saturated heterocycles. The van der Waals surface area contributed by atoms with Gasteiger partial charge in [0.05, 0.1) is 6.04 Å². The number of likely N-dealkylation sites (N-methyl/N-ethyl adjacent to an activating group) is 1. The average molecular weight is 225 g/mol. The summed E-state index contributed by atoms with van der Waals surface area (Å²) in [5, 5.41) is 0. The van der Waals surface area contributed by atoms with Gasteiger partial charge in [0, 0.05) is 25.7 Å². The highest BCUT2D eigenvalue weighted by atomic mass is 16.5. The predicted molar refractivity (Wildman–Crippen MR) is 63.5 cm³/mol. The Morgan fingerprint density at radius 1 is 1.12 bits per heavy atom. The first-order valence-electron chi connectivity index (χ1n) is 6.61. The molecule has 3 nitrogen and oxygen atoms in total. The van der Waals surface area contributed by atoms with E-state index in [9.17, 15) is 4.79 Å². The highest BCUT2D eigenvalue weighted by molar-refractivity contribution is 5.84. The summed E-state index contributed by atoms with van der Waals surface area (Å²) in [5.41, 5.74) is 0. The summed E-state index contributed by atoms with van der Waals surface area (Å²) >= 11 is 0. The molecule has 1 heterocycles. The fourth-order valence-corrected chi connectivity index (χ4v) is 2.92. The number of nitrogens with zero attached hydrogens (tertiary/aromatic N) is 1. The quantitative estimate of drug-likeness (QED) is 0.673. The van der Waals surface area contributed by atoms with Crippen LogP contribution in [0.25, 0.3) is 0 Å². The van der Waals surface area contributed by atoms with E-state index in [-0.39, 0.29) is 6.04 Å². The Balaban J connectivity index is 1.95. The van der Waals surface area contributed by atoms with Crippen molar-refractivity contribution in [2.75, 3.05) is 20.3 Å². The van der Waals surface area contributed by atoms with Crippen molar-refractivity contribution in [2.45, 2.75) is 57.0 Å². The van der Waals surface area contributed by atoms with Gasteiger partial charge in [-0.1, -0.05) is 12.8 Å². The number of rotatable bonds is 2. The smallest absolute Gasteiger partial charge is 0.149 e. The number of carbonyl (C=O) groups excluding carboxylic acids is 1. The summed E-state index contributed by atoms with van der Waals surface area (Å²) in [7, 11) is 2.13. The lowest BCUT2D eigenvalue weighted by Crippen LogP contribution is -2.46. The molecule has 3 heteroatoms. The Hall–Kier alpha value is -0.410. The monoisotopic (exact) mass is 225 g/mol. The highest BCUT2D eigenvalue weighted by Crippen LogP contribution is 2.23. The summed E-state index contributed by atoms with van der Waals surface area (Å²) < 4.78 is 5.38. The number of hydrogen-bond acceptors (Lipinski definition) is 3. The molecule has 0 N–H and O–H groups in total. The van der Waals surface area contributed by atoms with E-state index in [1.54, 1.807) is 0 Å². The lowest BCUT2D eigenvalue weighted by Gasteiger charge is -2.36. The van der Waals surface area contributed by atoms with Crippen molar-refractivity contribution in [1.82, 2.24) is 4.90 Å². The van der Waals surface area contributed by atoms with E-state index >= 15 is 0 Å². The van der Waals surface area contributed by atoms with Gasteiger partial charge in [-0.3, -0.25) is 9.69 Å². The van der Waals surface area contributed by atoms with Gasteiger partial charge in [-0.15, -0.1) is 0 Å². The van der Waals surface area contributed by atoms with Crippen LogP contribution in [0.5, 0.6) is 0 Å². The number of ketones is 1. The molecule has 1 unspecified atom stereocenters. The molecule has 1 saturated carbocycles. The predicted octanol–water partition coefficient (Wildman–Crippen LogP) is 2.00. The van der Waals surface area contributed by atoms with Crippen LogP contribution < -0.4 is 0 Å². The average Bonchev–Trinajstić information content (AvgIpc) is 2.54. The van der Waals surface area contributed by atoms with E-state index in [0.717, 1.165) is 45.3 Å². The molecule has 1 aliphatic carbocycles. The second-order valence-corrected chi connectivity index (χ2v) is 5.09.